The van der Waals surface area contributed by atoms with E-state index in [4.69, 9.17) is 23.2 Å². The maximum Gasteiger partial charge on any atom is 0.434 e. The van der Waals surface area contributed by atoms with E-state index in [1.165, 1.54) is 18.5 Å². The topological polar surface area (TPSA) is 127 Å². The summed E-state index contributed by atoms with van der Waals surface area (Å²) in [6.45, 7) is 0. The summed E-state index contributed by atoms with van der Waals surface area (Å²) in [6.07, 6.45) is 1.81. The molecule has 10 nitrogen and oxygen atoms in total. The van der Waals surface area contributed by atoms with Crippen molar-refractivity contribution in [2.24, 2.45) is 0 Å². The lowest BCUT2D eigenvalue weighted by Crippen LogP contribution is -2.21. The molecule has 0 saturated carbocycles. The Morgan fingerprint density at radius 2 is 1.73 bits per heavy atom. The monoisotopic (exact) mass is 493 g/mol. The molecule has 0 aliphatic heterocycles. The number of carbonyl (C=O) groups is 1. The van der Waals surface area contributed by atoms with Crippen molar-refractivity contribution in [1.82, 2.24) is 34.7 Å². The average Bonchev–Trinajstić information content (AvgIpc) is 3.43. The quantitative estimate of drug-likeness (QED) is 0.459. The Kier molecular flexibility index (Phi) is 5.71. The molecular formula is C18H8Cl2F3N9O. The molecule has 4 aromatic rings. The third kappa shape index (κ3) is 4.21. The molecule has 0 radical (unpaired) electrons. The van der Waals surface area contributed by atoms with Gasteiger partial charge in [0.15, 0.2) is 11.5 Å². The van der Waals surface area contributed by atoms with Crippen LogP contribution in [0.15, 0.2) is 43.2 Å². The number of carbonyl (C=O) groups excluding carboxylic acids is 1. The lowest BCUT2D eigenvalue weighted by molar-refractivity contribution is -0.143. The Labute approximate surface area is 192 Å². The molecule has 0 aromatic carbocycles. The van der Waals surface area contributed by atoms with Crippen LogP contribution in [0.2, 0.25) is 10.0 Å². The zero-order valence-electron chi connectivity index (χ0n) is 15.9. The Bertz CT molecular complexity index is 1370. The minimum absolute atomic E-state index is 0.0221. The van der Waals surface area contributed by atoms with Crippen LogP contribution in [0.1, 0.15) is 21.6 Å². The number of rotatable bonds is 4. The van der Waals surface area contributed by atoms with Gasteiger partial charge in [-0.2, -0.15) is 33.7 Å². The van der Waals surface area contributed by atoms with Gasteiger partial charge in [0.1, 0.15) is 17.3 Å². The number of nitrogens with zero attached hydrogens (tertiary/aromatic N) is 8. The molecule has 0 unspecified atom stereocenters. The predicted octanol–water partition coefficient (Wildman–Crippen LogP) is 3.69. The van der Waals surface area contributed by atoms with Gasteiger partial charge in [-0.05, 0) is 6.07 Å². The highest BCUT2D eigenvalue weighted by Gasteiger charge is 2.41. The summed E-state index contributed by atoms with van der Waals surface area (Å²) in [6, 6.07) is 3.08. The third-order valence-electron chi connectivity index (χ3n) is 4.18. The first kappa shape index (κ1) is 22.2. The Morgan fingerprint density at radius 3 is 2.33 bits per heavy atom. The van der Waals surface area contributed by atoms with E-state index < -0.39 is 23.3 Å². The van der Waals surface area contributed by atoms with E-state index in [9.17, 15) is 23.2 Å². The molecule has 166 valence electrons. The van der Waals surface area contributed by atoms with Crippen molar-refractivity contribution in [3.05, 3.63) is 70.1 Å². The van der Waals surface area contributed by atoms with E-state index in [-0.39, 0.29) is 32.8 Å². The number of nitriles is 1. The molecule has 15 heteroatoms. The Morgan fingerprint density at radius 1 is 1.06 bits per heavy atom. The number of pyridine rings is 2. The summed E-state index contributed by atoms with van der Waals surface area (Å²) in [5.41, 5.74) is -2.55. The first-order chi connectivity index (χ1) is 15.7. The predicted molar refractivity (Wildman–Crippen MR) is 108 cm³/mol. The molecule has 0 saturated heterocycles. The summed E-state index contributed by atoms with van der Waals surface area (Å²) in [5.74, 6) is -1.07. The van der Waals surface area contributed by atoms with Gasteiger partial charge in [-0.25, -0.2) is 9.67 Å². The minimum atomic E-state index is -5.00. The number of anilines is 1. The fraction of sp³-hybridized carbons (Fsp3) is 0.0556. The summed E-state index contributed by atoms with van der Waals surface area (Å²) in [7, 11) is 0. The second-order valence-corrected chi connectivity index (χ2v) is 7.06. The van der Waals surface area contributed by atoms with Crippen LogP contribution >= 0.6 is 23.2 Å². The van der Waals surface area contributed by atoms with Crippen molar-refractivity contribution in [3.63, 3.8) is 0 Å². The molecule has 0 aliphatic carbocycles. The summed E-state index contributed by atoms with van der Waals surface area (Å²) in [4.78, 5) is 21.5. The van der Waals surface area contributed by atoms with E-state index in [2.05, 4.69) is 30.6 Å². The SMILES string of the molecule is N#Cc1cc(NC(=O)c2cnn(-c3c(Cl)cncc3Cl)c2C(F)(F)F)cnc1-n1nccn1. The molecule has 0 atom stereocenters. The second-order valence-electron chi connectivity index (χ2n) is 6.25. The molecule has 4 aromatic heterocycles. The zero-order valence-corrected chi connectivity index (χ0v) is 17.4. The van der Waals surface area contributed by atoms with Crippen LogP contribution in [0.3, 0.4) is 0 Å². The van der Waals surface area contributed by atoms with E-state index in [0.29, 0.717) is 4.68 Å². The largest absolute Gasteiger partial charge is 0.434 e. The van der Waals surface area contributed by atoms with E-state index in [1.807, 2.05) is 6.07 Å². The van der Waals surface area contributed by atoms with Crippen molar-refractivity contribution in [2.45, 2.75) is 6.18 Å². The fourth-order valence-corrected chi connectivity index (χ4v) is 3.38. The van der Waals surface area contributed by atoms with Gasteiger partial charge >= 0.3 is 6.18 Å². The Hall–Kier alpha value is -4.02. The molecule has 0 bridgehead atoms. The second kappa shape index (κ2) is 8.49. The third-order valence-corrected chi connectivity index (χ3v) is 4.73. The first-order valence-electron chi connectivity index (χ1n) is 8.73. The number of nitrogens with one attached hydrogen (secondary N) is 1. The number of amides is 1. The molecule has 33 heavy (non-hydrogen) atoms. The minimum Gasteiger partial charge on any atom is -0.320 e. The number of alkyl halides is 3. The first-order valence-corrected chi connectivity index (χ1v) is 9.49. The van der Waals surface area contributed by atoms with Crippen molar-refractivity contribution >= 4 is 34.8 Å². The number of halogens is 5. The molecule has 0 aliphatic rings. The van der Waals surface area contributed by atoms with Crippen molar-refractivity contribution in [2.75, 3.05) is 5.32 Å². The lowest BCUT2D eigenvalue weighted by Gasteiger charge is -2.14. The molecule has 0 fully saturated rings. The number of hydrogen-bond donors (Lipinski definition) is 1. The highest BCUT2D eigenvalue weighted by Crippen LogP contribution is 2.37. The maximum atomic E-state index is 13.9. The molecule has 4 rings (SSSR count). The molecular weight excluding hydrogens is 486 g/mol. The molecule has 1 N–H and O–H groups in total. The number of hydrogen-bond acceptors (Lipinski definition) is 7. The number of aromatic nitrogens is 7. The van der Waals surface area contributed by atoms with Crippen LogP contribution in [0.25, 0.3) is 11.5 Å². The van der Waals surface area contributed by atoms with Gasteiger partial charge in [0.05, 0.1) is 46.1 Å². The van der Waals surface area contributed by atoms with Gasteiger partial charge in [-0.3, -0.25) is 9.78 Å². The highest BCUT2D eigenvalue weighted by molar-refractivity contribution is 6.37. The van der Waals surface area contributed by atoms with Crippen LogP contribution in [-0.2, 0) is 6.18 Å². The van der Waals surface area contributed by atoms with Crippen LogP contribution in [-0.4, -0.2) is 40.6 Å². The molecule has 1 amide bonds. The molecule has 4 heterocycles. The van der Waals surface area contributed by atoms with Gasteiger partial charge in [-0.15, -0.1) is 4.80 Å². The smallest absolute Gasteiger partial charge is 0.320 e. The lowest BCUT2D eigenvalue weighted by atomic mass is 10.2. The normalized spacial score (nSPS) is 11.3. The average molecular weight is 494 g/mol. The van der Waals surface area contributed by atoms with Gasteiger partial charge in [0, 0.05) is 12.4 Å². The van der Waals surface area contributed by atoms with Crippen LogP contribution < -0.4 is 5.32 Å². The summed E-state index contributed by atoms with van der Waals surface area (Å²) < 4.78 is 42.1. The van der Waals surface area contributed by atoms with E-state index in [1.54, 1.807) is 0 Å². The highest BCUT2D eigenvalue weighted by atomic mass is 35.5. The van der Waals surface area contributed by atoms with Gasteiger partial charge < -0.3 is 5.32 Å². The van der Waals surface area contributed by atoms with Crippen LogP contribution in [0.5, 0.6) is 0 Å². The zero-order chi connectivity index (χ0) is 23.8. The standard InChI is InChI=1S/C18H8Cl2F3N9O/c19-12-7-25-8-13(20)14(12)31-15(18(21,22)23)11(6-29-31)17(33)30-10-3-9(4-24)16(26-5-10)32-27-1-2-28-32/h1-3,5-8H,(H,30,33). The van der Waals surface area contributed by atoms with Crippen molar-refractivity contribution in [3.8, 4) is 17.6 Å². The summed E-state index contributed by atoms with van der Waals surface area (Å²) >= 11 is 11.9. The summed E-state index contributed by atoms with van der Waals surface area (Å²) in [5, 5.41) is 22.6. The van der Waals surface area contributed by atoms with Gasteiger partial charge in [-0.1, -0.05) is 23.2 Å². The van der Waals surface area contributed by atoms with Crippen molar-refractivity contribution in [1.29, 1.82) is 5.26 Å². The maximum absolute atomic E-state index is 13.9. The van der Waals surface area contributed by atoms with Gasteiger partial charge in [0.2, 0.25) is 0 Å². The van der Waals surface area contributed by atoms with E-state index in [0.717, 1.165) is 29.6 Å². The molecule has 0 spiro atoms. The fourth-order valence-electron chi connectivity index (χ4n) is 2.85. The van der Waals surface area contributed by atoms with Crippen molar-refractivity contribution < 1.29 is 18.0 Å². The van der Waals surface area contributed by atoms with E-state index >= 15 is 0 Å². The van der Waals surface area contributed by atoms with Gasteiger partial charge in [0.25, 0.3) is 5.91 Å². The van der Waals surface area contributed by atoms with Crippen LogP contribution in [0, 0.1) is 11.3 Å². The Balaban J connectivity index is 1.73. The van der Waals surface area contributed by atoms with Crippen LogP contribution in [0.4, 0.5) is 18.9 Å².